The Labute approximate surface area is 315 Å². The lowest BCUT2D eigenvalue weighted by Crippen LogP contribution is -1.91. The lowest BCUT2D eigenvalue weighted by Gasteiger charge is -2.19. The lowest BCUT2D eigenvalue weighted by atomic mass is 9.83. The number of para-hydroxylation sites is 2. The first kappa shape index (κ1) is 29.3. The monoisotopic (exact) mass is 694 g/mol. The third-order valence-electron chi connectivity index (χ3n) is 12.3. The minimum Gasteiger partial charge on any atom is -0.455 e. The molecule has 1 aromatic heterocycles. The topological polar surface area (TPSA) is 13.1 Å². The highest BCUT2D eigenvalue weighted by molar-refractivity contribution is 6.45. The maximum Gasteiger partial charge on any atom is 0.143 e. The molecule has 0 saturated carbocycles. The molecule has 0 aliphatic rings. The molecule has 0 amide bonds. The van der Waals surface area contributed by atoms with Crippen LogP contribution in [0.3, 0.4) is 0 Å². The van der Waals surface area contributed by atoms with E-state index >= 15 is 0 Å². The van der Waals surface area contributed by atoms with Crippen LogP contribution in [0.1, 0.15) is 0 Å². The average molecular weight is 695 g/mol. The zero-order chi connectivity index (χ0) is 35.8. The maximum absolute atomic E-state index is 6.64. The predicted octanol–water partition coefficient (Wildman–Crippen LogP) is 15.5. The molecule has 0 radical (unpaired) electrons. The summed E-state index contributed by atoms with van der Waals surface area (Å²) in [6.45, 7) is 0. The summed E-state index contributed by atoms with van der Waals surface area (Å²) in [6, 6.07) is 67.2. The van der Waals surface area contributed by atoms with E-state index in [1.807, 2.05) is 0 Å². The molecule has 252 valence electrons. The number of rotatable bonds is 3. The second kappa shape index (κ2) is 10.7. The summed E-state index contributed by atoms with van der Waals surface area (Å²) in [7, 11) is 0. The molecule has 13 rings (SSSR count). The molecule has 0 fully saturated rings. The van der Waals surface area contributed by atoms with E-state index in [1.54, 1.807) is 0 Å². The smallest absolute Gasteiger partial charge is 0.143 e. The fourth-order valence-corrected chi connectivity index (χ4v) is 10.2. The van der Waals surface area contributed by atoms with Crippen LogP contribution in [0.5, 0.6) is 0 Å². The highest BCUT2D eigenvalue weighted by atomic mass is 16.3. The zero-order valence-electron chi connectivity index (χ0n) is 29.7. The fourth-order valence-electron chi connectivity index (χ4n) is 10.2. The molecule has 55 heavy (non-hydrogen) atoms. The first-order valence-corrected chi connectivity index (χ1v) is 19.1. The summed E-state index contributed by atoms with van der Waals surface area (Å²) < 4.78 is 6.64. The summed E-state index contributed by atoms with van der Waals surface area (Å²) in [5.74, 6) is 0. The van der Waals surface area contributed by atoms with E-state index in [0.717, 1.165) is 33.1 Å². The second-order valence-corrected chi connectivity index (χ2v) is 15.1. The van der Waals surface area contributed by atoms with Crippen LogP contribution in [-0.2, 0) is 0 Å². The van der Waals surface area contributed by atoms with Crippen LogP contribution in [0.25, 0.3) is 131 Å². The highest BCUT2D eigenvalue weighted by Crippen LogP contribution is 2.55. The van der Waals surface area contributed by atoms with Crippen molar-refractivity contribution >= 4 is 97.3 Å². The van der Waals surface area contributed by atoms with Gasteiger partial charge in [0.05, 0.1) is 0 Å². The Balaban J connectivity index is 1.30. The molecular formula is C54H30O. The molecule has 1 heteroatoms. The molecule has 0 atom stereocenters. The van der Waals surface area contributed by atoms with E-state index in [2.05, 4.69) is 182 Å². The number of furan rings is 1. The first-order chi connectivity index (χ1) is 27.3. The molecule has 1 nitrogen and oxygen atoms in total. The van der Waals surface area contributed by atoms with E-state index in [1.165, 1.54) is 97.7 Å². The van der Waals surface area contributed by atoms with Crippen LogP contribution in [0.2, 0.25) is 0 Å². The molecule has 1 heterocycles. The van der Waals surface area contributed by atoms with Crippen LogP contribution in [0.4, 0.5) is 0 Å². The molecule has 0 aliphatic carbocycles. The van der Waals surface area contributed by atoms with E-state index in [-0.39, 0.29) is 0 Å². The van der Waals surface area contributed by atoms with Crippen LogP contribution >= 0.6 is 0 Å². The lowest BCUT2D eigenvalue weighted by molar-refractivity contribution is 0.670. The third-order valence-corrected chi connectivity index (χ3v) is 12.3. The molecule has 0 saturated heterocycles. The normalized spacial score (nSPS) is 12.4. The largest absolute Gasteiger partial charge is 0.455 e. The van der Waals surface area contributed by atoms with Crippen LogP contribution < -0.4 is 0 Å². The summed E-state index contributed by atoms with van der Waals surface area (Å²) in [5.41, 5.74) is 9.16. The van der Waals surface area contributed by atoms with Crippen molar-refractivity contribution in [3.8, 4) is 33.4 Å². The van der Waals surface area contributed by atoms with Gasteiger partial charge in [-0.15, -0.1) is 0 Å². The average Bonchev–Trinajstić information content (AvgIpc) is 3.90. The minimum absolute atomic E-state index is 0.915. The highest BCUT2D eigenvalue weighted by Gasteiger charge is 2.27. The predicted molar refractivity (Wildman–Crippen MR) is 235 cm³/mol. The van der Waals surface area contributed by atoms with Crippen molar-refractivity contribution in [2.24, 2.45) is 0 Å². The minimum atomic E-state index is 0.915. The van der Waals surface area contributed by atoms with Gasteiger partial charge in [0.2, 0.25) is 0 Å². The van der Waals surface area contributed by atoms with Crippen molar-refractivity contribution in [3.05, 3.63) is 182 Å². The van der Waals surface area contributed by atoms with Gasteiger partial charge in [-0.2, -0.15) is 0 Å². The molecule has 0 bridgehead atoms. The summed E-state index contributed by atoms with van der Waals surface area (Å²) in [6.07, 6.45) is 0. The Hall–Kier alpha value is -7.22. The van der Waals surface area contributed by atoms with Crippen molar-refractivity contribution in [1.82, 2.24) is 0 Å². The molecule has 0 spiro atoms. The van der Waals surface area contributed by atoms with Crippen molar-refractivity contribution in [1.29, 1.82) is 0 Å². The van der Waals surface area contributed by atoms with Gasteiger partial charge in [-0.25, -0.2) is 0 Å². The Bertz CT molecular complexity index is 3680. The number of hydrogen-bond donors (Lipinski definition) is 0. The maximum atomic E-state index is 6.64. The molecule has 0 N–H and O–H groups in total. The molecule has 0 aliphatic heterocycles. The SMILES string of the molecule is c1ccc(-c2c3cc4c5ccccc5c5cccc(c3c(-c3ccccc3)c3c6cc(-c7cccc8c7oc7ccccc78)cc7cccc(c23)c76)c54)cc1. The van der Waals surface area contributed by atoms with Gasteiger partial charge in [-0.05, 0) is 127 Å². The van der Waals surface area contributed by atoms with Gasteiger partial charge in [0, 0.05) is 16.3 Å². The van der Waals surface area contributed by atoms with Crippen molar-refractivity contribution in [2.75, 3.05) is 0 Å². The van der Waals surface area contributed by atoms with Gasteiger partial charge in [0.25, 0.3) is 0 Å². The molecule has 13 aromatic rings. The standard InChI is InChI=1S/C54H30O/c1-3-14-31(15-4-1)48-45-30-43-37-20-8-7-19-36(37)39-23-13-26-42(50(39)43)51(45)49(32-16-5-2-6-17-32)53-44-29-34(28-33-18-11-25-41(47(33)44)52(48)53)35-22-12-24-40-38-21-9-10-27-46(38)55-54(35)40/h1-30H. The van der Waals surface area contributed by atoms with E-state index in [0.29, 0.717) is 0 Å². The summed E-state index contributed by atoms with van der Waals surface area (Å²) >= 11 is 0. The molecule has 12 aromatic carbocycles. The first-order valence-electron chi connectivity index (χ1n) is 19.1. The van der Waals surface area contributed by atoms with Crippen LogP contribution in [-0.4, -0.2) is 0 Å². The second-order valence-electron chi connectivity index (χ2n) is 15.1. The van der Waals surface area contributed by atoms with Gasteiger partial charge < -0.3 is 4.42 Å². The Morgan fingerprint density at radius 2 is 0.855 bits per heavy atom. The quantitative estimate of drug-likeness (QED) is 0.168. The van der Waals surface area contributed by atoms with Crippen LogP contribution in [0.15, 0.2) is 186 Å². The van der Waals surface area contributed by atoms with Crippen molar-refractivity contribution in [3.63, 3.8) is 0 Å². The number of fused-ring (bicyclic) bond motifs is 11. The molecule has 0 unspecified atom stereocenters. The van der Waals surface area contributed by atoms with Crippen molar-refractivity contribution < 1.29 is 4.42 Å². The van der Waals surface area contributed by atoms with Crippen molar-refractivity contribution in [2.45, 2.75) is 0 Å². The zero-order valence-corrected chi connectivity index (χ0v) is 29.7. The third kappa shape index (κ3) is 3.82. The van der Waals surface area contributed by atoms with Crippen LogP contribution in [0, 0.1) is 0 Å². The number of benzene rings is 10. The fraction of sp³-hybridized carbons (Fsp3) is 0. The van der Waals surface area contributed by atoms with Gasteiger partial charge in [-0.3, -0.25) is 0 Å². The van der Waals surface area contributed by atoms with E-state index < -0.39 is 0 Å². The Morgan fingerprint density at radius 3 is 1.65 bits per heavy atom. The molecular weight excluding hydrogens is 665 g/mol. The van der Waals surface area contributed by atoms with E-state index in [9.17, 15) is 0 Å². The Morgan fingerprint density at radius 1 is 0.273 bits per heavy atom. The summed E-state index contributed by atoms with van der Waals surface area (Å²) in [4.78, 5) is 0. The van der Waals surface area contributed by atoms with Gasteiger partial charge in [0.1, 0.15) is 11.2 Å². The van der Waals surface area contributed by atoms with E-state index in [4.69, 9.17) is 4.42 Å². The number of hydrogen-bond acceptors (Lipinski definition) is 1. The summed E-state index contributed by atoms with van der Waals surface area (Å²) in [5, 5.41) is 20.5. The Kier molecular flexibility index (Phi) is 5.69. The van der Waals surface area contributed by atoms with Gasteiger partial charge in [0.15, 0.2) is 0 Å². The van der Waals surface area contributed by atoms with Gasteiger partial charge in [-0.1, -0.05) is 158 Å². The van der Waals surface area contributed by atoms with Gasteiger partial charge >= 0.3 is 0 Å².